The van der Waals surface area contributed by atoms with Crippen LogP contribution in [0.15, 0.2) is 61.3 Å². The lowest BCUT2D eigenvalue weighted by atomic mass is 9.96. The maximum Gasteiger partial charge on any atom is 0.182 e. The number of pyridine rings is 1. The number of hydrogen-bond acceptors (Lipinski definition) is 5. The second-order valence-corrected chi connectivity index (χ2v) is 6.51. The second-order valence-electron chi connectivity index (χ2n) is 6.51. The number of rotatable bonds is 4. The number of hydrogen-bond donors (Lipinski definition) is 2. The van der Waals surface area contributed by atoms with Crippen molar-refractivity contribution in [1.29, 1.82) is 0 Å². The van der Waals surface area contributed by atoms with E-state index in [1.165, 1.54) is 30.6 Å². The molecular formula is C21H14F2N6. The molecule has 0 bridgehead atoms. The molecule has 5 rings (SSSR count). The van der Waals surface area contributed by atoms with Gasteiger partial charge in [0.25, 0.3) is 0 Å². The lowest BCUT2D eigenvalue weighted by Crippen LogP contribution is -2.05. The highest BCUT2D eigenvalue weighted by molar-refractivity contribution is 5.96. The number of nitrogens with one attached hydrogen (secondary N) is 2. The zero-order valence-corrected chi connectivity index (χ0v) is 15.0. The summed E-state index contributed by atoms with van der Waals surface area (Å²) in [5.74, 6) is -0.160. The minimum Gasteiger partial charge on any atom is -0.364 e. The summed E-state index contributed by atoms with van der Waals surface area (Å²) in [5, 5.41) is 3.86. The van der Waals surface area contributed by atoms with Crippen LogP contribution < -0.4 is 5.32 Å². The van der Waals surface area contributed by atoms with Gasteiger partial charge in [-0.1, -0.05) is 12.1 Å². The van der Waals surface area contributed by atoms with E-state index < -0.39 is 0 Å². The summed E-state index contributed by atoms with van der Waals surface area (Å²) < 4.78 is 27.9. The van der Waals surface area contributed by atoms with Gasteiger partial charge in [0, 0.05) is 18.1 Å². The fraction of sp³-hybridized carbons (Fsp3) is 0.0476. The maximum atomic E-state index is 14.0. The highest BCUT2D eigenvalue weighted by Gasteiger charge is 2.14. The van der Waals surface area contributed by atoms with Crippen LogP contribution in [0.5, 0.6) is 0 Å². The summed E-state index contributed by atoms with van der Waals surface area (Å²) in [6.45, 7) is 0.344. The first kappa shape index (κ1) is 17.2. The van der Waals surface area contributed by atoms with E-state index in [-0.39, 0.29) is 11.6 Å². The van der Waals surface area contributed by atoms with Gasteiger partial charge in [-0.25, -0.2) is 23.7 Å². The zero-order valence-electron chi connectivity index (χ0n) is 15.0. The fourth-order valence-corrected chi connectivity index (χ4v) is 3.40. The standard InChI is InChI=1S/C21H14F2N6/c22-14-3-1-2-12(6-14)18-13(8-24-17-5-4-15(23)7-16(17)18)9-25-20-19-21(27-10-26-19)29-11-28-20/h1-8,10-11H,9H2,(H2,25,26,27,28,29). The van der Waals surface area contributed by atoms with E-state index in [0.29, 0.717) is 40.0 Å². The predicted molar refractivity (Wildman–Crippen MR) is 106 cm³/mol. The molecule has 0 spiro atoms. The van der Waals surface area contributed by atoms with E-state index in [1.54, 1.807) is 30.7 Å². The minimum absolute atomic E-state index is 0.344. The zero-order chi connectivity index (χ0) is 19.8. The van der Waals surface area contributed by atoms with Crippen molar-refractivity contribution in [1.82, 2.24) is 24.9 Å². The van der Waals surface area contributed by atoms with Gasteiger partial charge >= 0.3 is 0 Å². The molecule has 3 aromatic heterocycles. The number of nitrogens with zero attached hydrogens (tertiary/aromatic N) is 4. The van der Waals surface area contributed by atoms with Crippen molar-refractivity contribution < 1.29 is 8.78 Å². The van der Waals surface area contributed by atoms with Gasteiger partial charge in [-0.2, -0.15) is 0 Å². The Hall–Kier alpha value is -3.94. The Morgan fingerprint density at radius 3 is 2.72 bits per heavy atom. The SMILES string of the molecule is Fc1cccc(-c2c(CNc3ncnc4nc[nH]c34)cnc3ccc(F)cc23)c1. The summed E-state index contributed by atoms with van der Waals surface area (Å²) in [7, 11) is 0. The van der Waals surface area contributed by atoms with Crippen LogP contribution in [0.1, 0.15) is 5.56 Å². The lowest BCUT2D eigenvalue weighted by Gasteiger charge is -2.14. The number of imidazole rings is 1. The number of aromatic amines is 1. The Morgan fingerprint density at radius 2 is 1.83 bits per heavy atom. The first-order valence-electron chi connectivity index (χ1n) is 8.90. The van der Waals surface area contributed by atoms with Gasteiger partial charge in [0.1, 0.15) is 23.5 Å². The number of anilines is 1. The van der Waals surface area contributed by atoms with E-state index in [1.807, 2.05) is 0 Å². The molecule has 2 N–H and O–H groups in total. The van der Waals surface area contributed by atoms with Crippen LogP contribution in [0.4, 0.5) is 14.6 Å². The van der Waals surface area contributed by atoms with E-state index >= 15 is 0 Å². The second kappa shape index (κ2) is 6.90. The molecule has 0 atom stereocenters. The minimum atomic E-state index is -0.378. The van der Waals surface area contributed by atoms with E-state index in [4.69, 9.17) is 0 Å². The highest BCUT2D eigenvalue weighted by Crippen LogP contribution is 2.32. The van der Waals surface area contributed by atoms with Crippen LogP contribution in [0.3, 0.4) is 0 Å². The molecule has 0 radical (unpaired) electrons. The van der Waals surface area contributed by atoms with Gasteiger partial charge in [0.05, 0.1) is 11.8 Å². The quantitative estimate of drug-likeness (QED) is 0.475. The summed E-state index contributed by atoms with van der Waals surface area (Å²) in [5.41, 5.74) is 4.00. The van der Waals surface area contributed by atoms with Gasteiger partial charge in [-0.05, 0) is 47.0 Å². The molecule has 0 aliphatic rings. The summed E-state index contributed by atoms with van der Waals surface area (Å²) in [4.78, 5) is 19.9. The first-order chi connectivity index (χ1) is 14.2. The lowest BCUT2D eigenvalue weighted by molar-refractivity contribution is 0.628. The molecule has 0 unspecified atom stereocenters. The molecule has 0 aliphatic carbocycles. The highest BCUT2D eigenvalue weighted by atomic mass is 19.1. The molecule has 0 fully saturated rings. The molecule has 6 nitrogen and oxygen atoms in total. The average molecular weight is 388 g/mol. The van der Waals surface area contributed by atoms with Crippen molar-refractivity contribution >= 4 is 27.9 Å². The van der Waals surface area contributed by atoms with E-state index in [2.05, 4.69) is 30.2 Å². The number of fused-ring (bicyclic) bond motifs is 2. The van der Waals surface area contributed by atoms with Gasteiger partial charge < -0.3 is 10.3 Å². The van der Waals surface area contributed by atoms with Crippen LogP contribution in [-0.4, -0.2) is 24.9 Å². The van der Waals surface area contributed by atoms with Crippen LogP contribution in [0.25, 0.3) is 33.2 Å². The Labute approximate surface area is 163 Å². The molecule has 0 aliphatic heterocycles. The molecule has 0 saturated heterocycles. The van der Waals surface area contributed by atoms with Crippen LogP contribution in [-0.2, 0) is 6.54 Å². The molecule has 2 aromatic carbocycles. The summed E-state index contributed by atoms with van der Waals surface area (Å²) in [6.07, 6.45) is 4.68. The predicted octanol–water partition coefficient (Wildman–Crippen LogP) is 4.46. The van der Waals surface area contributed by atoms with E-state index in [0.717, 1.165) is 11.1 Å². The molecule has 8 heteroatoms. The third kappa shape index (κ3) is 3.14. The van der Waals surface area contributed by atoms with Crippen molar-refractivity contribution in [2.75, 3.05) is 5.32 Å². The van der Waals surface area contributed by atoms with Crippen LogP contribution in [0.2, 0.25) is 0 Å². The first-order valence-corrected chi connectivity index (χ1v) is 8.90. The maximum absolute atomic E-state index is 14.0. The third-order valence-corrected chi connectivity index (χ3v) is 4.69. The van der Waals surface area contributed by atoms with Crippen LogP contribution >= 0.6 is 0 Å². The van der Waals surface area contributed by atoms with Gasteiger partial charge in [0.15, 0.2) is 11.5 Å². The normalized spacial score (nSPS) is 11.2. The van der Waals surface area contributed by atoms with Gasteiger partial charge in [-0.3, -0.25) is 4.98 Å². The van der Waals surface area contributed by atoms with Crippen molar-refractivity contribution in [3.05, 3.63) is 78.5 Å². The van der Waals surface area contributed by atoms with Crippen molar-refractivity contribution in [3.8, 4) is 11.1 Å². The van der Waals surface area contributed by atoms with Crippen molar-refractivity contribution in [2.24, 2.45) is 0 Å². The summed E-state index contributed by atoms with van der Waals surface area (Å²) >= 11 is 0. The Morgan fingerprint density at radius 1 is 0.931 bits per heavy atom. The molecule has 0 saturated carbocycles. The molecule has 5 aromatic rings. The Balaban J connectivity index is 1.63. The number of aromatic nitrogens is 5. The van der Waals surface area contributed by atoms with Crippen molar-refractivity contribution in [3.63, 3.8) is 0 Å². The van der Waals surface area contributed by atoms with Gasteiger partial charge in [0.2, 0.25) is 0 Å². The molecule has 0 amide bonds. The number of H-pyrrole nitrogens is 1. The third-order valence-electron chi connectivity index (χ3n) is 4.69. The van der Waals surface area contributed by atoms with Crippen molar-refractivity contribution in [2.45, 2.75) is 6.54 Å². The summed E-state index contributed by atoms with van der Waals surface area (Å²) in [6, 6.07) is 10.6. The fourth-order valence-electron chi connectivity index (χ4n) is 3.40. The number of halogens is 2. The smallest absolute Gasteiger partial charge is 0.182 e. The molecule has 142 valence electrons. The van der Waals surface area contributed by atoms with E-state index in [9.17, 15) is 8.78 Å². The molecule has 29 heavy (non-hydrogen) atoms. The topological polar surface area (TPSA) is 79.4 Å². The van der Waals surface area contributed by atoms with Crippen LogP contribution in [0, 0.1) is 11.6 Å². The monoisotopic (exact) mass is 388 g/mol. The largest absolute Gasteiger partial charge is 0.364 e. The Kier molecular flexibility index (Phi) is 4.09. The average Bonchev–Trinajstić information content (AvgIpc) is 3.21. The Bertz CT molecular complexity index is 1350. The molecule has 3 heterocycles. The molecular weight excluding hydrogens is 374 g/mol. The van der Waals surface area contributed by atoms with Gasteiger partial charge in [-0.15, -0.1) is 0 Å². The number of benzene rings is 2.